The summed E-state index contributed by atoms with van der Waals surface area (Å²) in [5.41, 5.74) is 4.14. The number of amides is 1. The Morgan fingerprint density at radius 2 is 1.83 bits per heavy atom. The Labute approximate surface area is 134 Å². The van der Waals surface area contributed by atoms with Crippen LogP contribution in [0.4, 0.5) is 11.4 Å². The Morgan fingerprint density at radius 1 is 1.13 bits per heavy atom. The summed E-state index contributed by atoms with van der Waals surface area (Å²) in [6.07, 6.45) is 0.612. The quantitative estimate of drug-likeness (QED) is 0.485. The minimum absolute atomic E-state index is 0.0858. The van der Waals surface area contributed by atoms with Gasteiger partial charge in [-0.2, -0.15) is 0 Å². The van der Waals surface area contributed by atoms with E-state index in [1.54, 1.807) is 17.0 Å². The summed E-state index contributed by atoms with van der Waals surface area (Å²) in [6, 6.07) is 12.6. The standard InChI is InChI=1S/C18H18N2O3/c1-12(2)17-11-15(19-10-9-18(19)21)7-8-16(17)13-3-5-14(6-4-13)20(22)23/h3-8,11-12H,9-10H2,1-2H3. The van der Waals surface area contributed by atoms with E-state index in [0.29, 0.717) is 6.42 Å². The van der Waals surface area contributed by atoms with Crippen LogP contribution in [0.1, 0.15) is 31.7 Å². The molecule has 23 heavy (non-hydrogen) atoms. The van der Waals surface area contributed by atoms with Gasteiger partial charge in [0.15, 0.2) is 0 Å². The number of β-lactam (4-membered cyclic amide) rings is 1. The SMILES string of the molecule is CC(C)c1cc(N2CCC2=O)ccc1-c1ccc([N+](=O)[O-])cc1. The zero-order valence-electron chi connectivity index (χ0n) is 13.2. The molecule has 0 unspecified atom stereocenters. The largest absolute Gasteiger partial charge is 0.312 e. The first-order valence-corrected chi connectivity index (χ1v) is 7.66. The third-order valence-electron chi connectivity index (χ3n) is 4.21. The van der Waals surface area contributed by atoms with E-state index in [2.05, 4.69) is 19.9 Å². The highest BCUT2D eigenvalue weighted by Gasteiger charge is 2.26. The highest BCUT2D eigenvalue weighted by molar-refractivity contribution is 5.99. The fraction of sp³-hybridized carbons (Fsp3) is 0.278. The van der Waals surface area contributed by atoms with Crippen molar-refractivity contribution in [2.24, 2.45) is 0 Å². The van der Waals surface area contributed by atoms with Crippen molar-refractivity contribution in [1.82, 2.24) is 0 Å². The molecule has 1 amide bonds. The average Bonchev–Trinajstić information content (AvgIpc) is 2.53. The molecule has 1 aliphatic heterocycles. The van der Waals surface area contributed by atoms with Gasteiger partial charge in [0, 0.05) is 30.8 Å². The van der Waals surface area contributed by atoms with Gasteiger partial charge in [0.2, 0.25) is 5.91 Å². The van der Waals surface area contributed by atoms with Crippen LogP contribution in [-0.4, -0.2) is 17.4 Å². The molecule has 0 aromatic heterocycles. The van der Waals surface area contributed by atoms with Gasteiger partial charge in [-0.3, -0.25) is 14.9 Å². The van der Waals surface area contributed by atoms with Crippen molar-refractivity contribution >= 4 is 17.3 Å². The van der Waals surface area contributed by atoms with Crippen LogP contribution in [0.2, 0.25) is 0 Å². The molecule has 1 heterocycles. The van der Waals surface area contributed by atoms with Gasteiger partial charge >= 0.3 is 0 Å². The maximum Gasteiger partial charge on any atom is 0.269 e. The number of hydrogen-bond donors (Lipinski definition) is 0. The van der Waals surface area contributed by atoms with Crippen LogP contribution in [0.5, 0.6) is 0 Å². The van der Waals surface area contributed by atoms with Crippen molar-refractivity contribution < 1.29 is 9.72 Å². The fourth-order valence-corrected chi connectivity index (χ4v) is 2.81. The molecular formula is C18H18N2O3. The average molecular weight is 310 g/mol. The first kappa shape index (κ1) is 15.2. The highest BCUT2D eigenvalue weighted by atomic mass is 16.6. The van der Waals surface area contributed by atoms with Gasteiger partial charge in [0.1, 0.15) is 0 Å². The van der Waals surface area contributed by atoms with Crippen LogP contribution < -0.4 is 4.90 Å². The van der Waals surface area contributed by atoms with Crippen LogP contribution in [0.25, 0.3) is 11.1 Å². The van der Waals surface area contributed by atoms with Crippen LogP contribution in [0, 0.1) is 10.1 Å². The van der Waals surface area contributed by atoms with E-state index in [4.69, 9.17) is 0 Å². The smallest absolute Gasteiger partial charge is 0.269 e. The third-order valence-corrected chi connectivity index (χ3v) is 4.21. The normalized spacial score (nSPS) is 14.0. The Bertz CT molecular complexity index is 766. The number of hydrogen-bond acceptors (Lipinski definition) is 3. The first-order chi connectivity index (χ1) is 11.0. The van der Waals surface area contributed by atoms with Gasteiger partial charge in [-0.1, -0.05) is 19.9 Å². The van der Waals surface area contributed by atoms with Gasteiger partial charge in [0.25, 0.3) is 5.69 Å². The van der Waals surface area contributed by atoms with Gasteiger partial charge in [-0.25, -0.2) is 0 Å². The molecule has 0 saturated carbocycles. The van der Waals surface area contributed by atoms with E-state index in [-0.39, 0.29) is 17.5 Å². The number of non-ortho nitro benzene ring substituents is 1. The zero-order valence-corrected chi connectivity index (χ0v) is 13.2. The molecule has 1 aliphatic rings. The second-order valence-corrected chi connectivity index (χ2v) is 6.03. The number of rotatable bonds is 4. The summed E-state index contributed by atoms with van der Waals surface area (Å²) in [7, 11) is 0. The molecule has 0 bridgehead atoms. The van der Waals surface area contributed by atoms with Crippen LogP contribution in [0.15, 0.2) is 42.5 Å². The molecule has 1 fully saturated rings. The molecule has 0 radical (unpaired) electrons. The molecule has 0 atom stereocenters. The molecular weight excluding hydrogens is 292 g/mol. The van der Waals surface area contributed by atoms with Crippen molar-refractivity contribution in [3.63, 3.8) is 0 Å². The molecule has 118 valence electrons. The van der Waals surface area contributed by atoms with Crippen LogP contribution >= 0.6 is 0 Å². The molecule has 0 aliphatic carbocycles. The second kappa shape index (κ2) is 5.83. The maximum absolute atomic E-state index is 11.6. The van der Waals surface area contributed by atoms with E-state index in [1.807, 2.05) is 12.1 Å². The zero-order chi connectivity index (χ0) is 16.6. The Morgan fingerprint density at radius 3 is 2.30 bits per heavy atom. The van der Waals surface area contributed by atoms with E-state index >= 15 is 0 Å². The lowest BCUT2D eigenvalue weighted by atomic mass is 9.91. The van der Waals surface area contributed by atoms with Crippen molar-refractivity contribution in [3.8, 4) is 11.1 Å². The van der Waals surface area contributed by atoms with E-state index in [0.717, 1.165) is 28.9 Å². The predicted molar refractivity (Wildman–Crippen MR) is 89.6 cm³/mol. The Kier molecular flexibility index (Phi) is 3.86. The number of nitrogens with zero attached hydrogens (tertiary/aromatic N) is 2. The highest BCUT2D eigenvalue weighted by Crippen LogP contribution is 2.34. The van der Waals surface area contributed by atoms with Crippen molar-refractivity contribution in [3.05, 3.63) is 58.1 Å². The lowest BCUT2D eigenvalue weighted by Crippen LogP contribution is -2.43. The number of nitro benzene ring substituents is 1. The van der Waals surface area contributed by atoms with E-state index in [9.17, 15) is 14.9 Å². The summed E-state index contributed by atoms with van der Waals surface area (Å²) in [6.45, 7) is 4.98. The number of benzene rings is 2. The monoisotopic (exact) mass is 310 g/mol. The topological polar surface area (TPSA) is 63.5 Å². The predicted octanol–water partition coefficient (Wildman–Crippen LogP) is 4.12. The molecule has 0 spiro atoms. The van der Waals surface area contributed by atoms with Crippen LogP contribution in [0.3, 0.4) is 0 Å². The molecule has 2 aromatic rings. The lowest BCUT2D eigenvalue weighted by molar-refractivity contribution is -0.384. The number of anilines is 1. The maximum atomic E-state index is 11.6. The molecule has 1 saturated heterocycles. The van der Waals surface area contributed by atoms with Gasteiger partial charge in [-0.15, -0.1) is 0 Å². The van der Waals surface area contributed by atoms with Crippen LogP contribution in [-0.2, 0) is 4.79 Å². The minimum atomic E-state index is -0.397. The van der Waals surface area contributed by atoms with Gasteiger partial charge in [-0.05, 0) is 46.9 Å². The summed E-state index contributed by atoms with van der Waals surface area (Å²) < 4.78 is 0. The molecule has 3 rings (SSSR count). The second-order valence-electron chi connectivity index (χ2n) is 6.03. The summed E-state index contributed by atoms with van der Waals surface area (Å²) in [5.74, 6) is 0.444. The van der Waals surface area contributed by atoms with Crippen molar-refractivity contribution in [2.75, 3.05) is 11.4 Å². The Hall–Kier alpha value is -2.69. The van der Waals surface area contributed by atoms with Gasteiger partial charge < -0.3 is 4.90 Å². The number of carbonyl (C=O) groups excluding carboxylic acids is 1. The lowest BCUT2D eigenvalue weighted by Gasteiger charge is -2.31. The third kappa shape index (κ3) is 2.82. The Balaban J connectivity index is 2.01. The van der Waals surface area contributed by atoms with Crippen molar-refractivity contribution in [1.29, 1.82) is 0 Å². The van der Waals surface area contributed by atoms with Gasteiger partial charge in [0.05, 0.1) is 4.92 Å². The summed E-state index contributed by atoms with van der Waals surface area (Å²) in [4.78, 5) is 23.8. The van der Waals surface area contributed by atoms with E-state index in [1.165, 1.54) is 12.1 Å². The molecule has 0 N–H and O–H groups in total. The number of nitro groups is 1. The molecule has 2 aromatic carbocycles. The first-order valence-electron chi connectivity index (χ1n) is 7.66. The summed E-state index contributed by atoms with van der Waals surface area (Å²) in [5, 5.41) is 10.8. The fourth-order valence-electron chi connectivity index (χ4n) is 2.81. The summed E-state index contributed by atoms with van der Waals surface area (Å²) >= 11 is 0. The number of carbonyl (C=O) groups is 1. The van der Waals surface area contributed by atoms with E-state index < -0.39 is 4.92 Å². The molecule has 5 heteroatoms. The minimum Gasteiger partial charge on any atom is -0.312 e. The van der Waals surface area contributed by atoms with Crippen molar-refractivity contribution in [2.45, 2.75) is 26.2 Å². The molecule has 5 nitrogen and oxygen atoms in total.